The molecule has 38 valence electrons. The molecule has 3 heteroatoms. The predicted octanol–water partition coefficient (Wildman–Crippen LogP) is -0.355. The molecule has 1 aliphatic heterocycles. The van der Waals surface area contributed by atoms with Crippen LogP contribution in [0.1, 0.15) is 0 Å². The fourth-order valence-electron chi connectivity index (χ4n) is 0.408. The van der Waals surface area contributed by atoms with Gasteiger partial charge in [0.25, 0.3) is 0 Å². The minimum Gasteiger partial charge on any atom is -0.308 e. The van der Waals surface area contributed by atoms with Crippen molar-refractivity contribution >= 4 is 12.4 Å². The fourth-order valence-corrected chi connectivity index (χ4v) is 0.408. The summed E-state index contributed by atoms with van der Waals surface area (Å²) in [5.41, 5.74) is 0. The largest absolute Gasteiger partial charge is 0.308 e. The molecule has 0 aromatic rings. The Morgan fingerprint density at radius 1 is 1.43 bits per heavy atom. The maximum Gasteiger partial charge on any atom is 0.0819 e. The molecule has 0 atom stereocenters. The first-order valence-corrected chi connectivity index (χ1v) is 2.17. The van der Waals surface area contributed by atoms with Crippen LogP contribution in [0.5, 0.6) is 0 Å². The van der Waals surface area contributed by atoms with Crippen LogP contribution in [0, 0.1) is 0 Å². The van der Waals surface area contributed by atoms with E-state index in [9.17, 15) is 0 Å². The smallest absolute Gasteiger partial charge is 0.0819 e. The third-order valence-electron chi connectivity index (χ3n) is 0.855. The van der Waals surface area contributed by atoms with E-state index in [-0.39, 0.29) is 6.04 Å². The van der Waals surface area contributed by atoms with Gasteiger partial charge in [0, 0.05) is 12.4 Å². The molecule has 0 spiro atoms. The van der Waals surface area contributed by atoms with Crippen LogP contribution in [0.2, 0.25) is 0 Å². The van der Waals surface area contributed by atoms with Gasteiger partial charge in [-0.25, -0.2) is 0 Å². The van der Waals surface area contributed by atoms with Gasteiger partial charge >= 0.3 is 0 Å². The van der Waals surface area contributed by atoms with Crippen LogP contribution in [-0.4, -0.2) is 25.5 Å². The molecule has 0 bridgehead atoms. The average molecular weight is 97.1 g/mol. The molecule has 7 heavy (non-hydrogen) atoms. The van der Waals surface area contributed by atoms with E-state index in [1.165, 1.54) is 0 Å². The lowest BCUT2D eigenvalue weighted by Crippen LogP contribution is -2.25. The molecular weight excluding hydrogens is 90.1 g/mol. The van der Waals surface area contributed by atoms with E-state index in [0.717, 1.165) is 0 Å². The van der Waals surface area contributed by atoms with Crippen molar-refractivity contribution in [2.45, 2.75) is 6.04 Å². The summed E-state index contributed by atoms with van der Waals surface area (Å²) in [7, 11) is 1.87. The highest BCUT2D eigenvalue weighted by Crippen LogP contribution is 1.82. The quantitative estimate of drug-likeness (QED) is 0.477. The minimum atomic E-state index is 0.264. The van der Waals surface area contributed by atoms with Crippen LogP contribution in [0.4, 0.5) is 0 Å². The Hall–Kier alpha value is -0.700. The molecule has 1 N–H and O–H groups in total. The van der Waals surface area contributed by atoms with Gasteiger partial charge in [0.05, 0.1) is 6.04 Å². The summed E-state index contributed by atoms with van der Waals surface area (Å²) in [5.74, 6) is 0. The van der Waals surface area contributed by atoms with Crippen molar-refractivity contribution < 1.29 is 0 Å². The Kier molecular flexibility index (Phi) is 1.17. The molecule has 0 fully saturated rings. The normalized spacial score (nSPS) is 19.0. The molecular formula is C4H7N3. The summed E-state index contributed by atoms with van der Waals surface area (Å²) in [6, 6.07) is 0.264. The maximum atomic E-state index is 3.62. The van der Waals surface area contributed by atoms with Crippen LogP contribution in [-0.2, 0) is 0 Å². The summed E-state index contributed by atoms with van der Waals surface area (Å²) in [6.07, 6.45) is 3.50. The highest BCUT2D eigenvalue weighted by Gasteiger charge is 1.98. The van der Waals surface area contributed by atoms with Crippen LogP contribution >= 0.6 is 0 Å². The van der Waals surface area contributed by atoms with Crippen LogP contribution in [0.15, 0.2) is 10.2 Å². The van der Waals surface area contributed by atoms with E-state index >= 15 is 0 Å². The third kappa shape index (κ3) is 0.838. The van der Waals surface area contributed by atoms with Crippen molar-refractivity contribution in [3.05, 3.63) is 0 Å². The van der Waals surface area contributed by atoms with E-state index in [0.29, 0.717) is 0 Å². The molecule has 1 aliphatic rings. The van der Waals surface area contributed by atoms with E-state index in [4.69, 9.17) is 0 Å². The summed E-state index contributed by atoms with van der Waals surface area (Å²) < 4.78 is 0. The van der Waals surface area contributed by atoms with Crippen molar-refractivity contribution in [2.24, 2.45) is 10.2 Å². The van der Waals surface area contributed by atoms with E-state index < -0.39 is 0 Å². The standard InChI is InChI=1S/C4H7N3/c1-5-4-2-6-7-3-4/h2-5H,1H3. The molecule has 0 aliphatic carbocycles. The Balaban J connectivity index is 2.44. The maximum absolute atomic E-state index is 3.62. The van der Waals surface area contributed by atoms with Crippen molar-refractivity contribution in [3.8, 4) is 0 Å². The van der Waals surface area contributed by atoms with E-state index in [1.807, 2.05) is 7.05 Å². The Labute approximate surface area is 42.1 Å². The summed E-state index contributed by atoms with van der Waals surface area (Å²) in [4.78, 5) is 0. The topological polar surface area (TPSA) is 36.8 Å². The molecule has 0 amide bonds. The van der Waals surface area contributed by atoms with Crippen LogP contribution in [0.3, 0.4) is 0 Å². The Morgan fingerprint density at radius 2 is 2.00 bits per heavy atom. The first-order valence-electron chi connectivity index (χ1n) is 2.17. The highest BCUT2D eigenvalue weighted by atomic mass is 15.2. The second-order valence-corrected chi connectivity index (χ2v) is 1.34. The molecule has 0 saturated carbocycles. The van der Waals surface area contributed by atoms with Crippen molar-refractivity contribution in [1.82, 2.24) is 5.32 Å². The van der Waals surface area contributed by atoms with E-state index in [1.54, 1.807) is 12.4 Å². The molecule has 1 heterocycles. The van der Waals surface area contributed by atoms with E-state index in [2.05, 4.69) is 15.5 Å². The molecule has 0 radical (unpaired) electrons. The van der Waals surface area contributed by atoms with Crippen molar-refractivity contribution in [1.29, 1.82) is 0 Å². The molecule has 0 saturated heterocycles. The monoisotopic (exact) mass is 97.1 g/mol. The predicted molar refractivity (Wildman–Crippen MR) is 29.8 cm³/mol. The number of nitrogens with zero attached hydrogens (tertiary/aromatic N) is 2. The second-order valence-electron chi connectivity index (χ2n) is 1.34. The lowest BCUT2D eigenvalue weighted by Gasteiger charge is -1.93. The van der Waals surface area contributed by atoms with Crippen LogP contribution < -0.4 is 5.32 Å². The second kappa shape index (κ2) is 1.84. The lowest BCUT2D eigenvalue weighted by atomic mass is 10.4. The lowest BCUT2D eigenvalue weighted by molar-refractivity contribution is 0.888. The molecule has 0 unspecified atom stereocenters. The minimum absolute atomic E-state index is 0.264. The Morgan fingerprint density at radius 3 is 2.29 bits per heavy atom. The summed E-state index contributed by atoms with van der Waals surface area (Å²) in [5, 5.41) is 10.2. The first kappa shape index (κ1) is 4.46. The third-order valence-corrected chi connectivity index (χ3v) is 0.855. The number of rotatable bonds is 1. The van der Waals surface area contributed by atoms with Gasteiger partial charge in [0.1, 0.15) is 0 Å². The highest BCUT2D eigenvalue weighted by molar-refractivity contribution is 5.91. The van der Waals surface area contributed by atoms with Gasteiger partial charge < -0.3 is 5.32 Å². The molecule has 0 aromatic carbocycles. The number of hydrogen-bond acceptors (Lipinski definition) is 3. The zero-order valence-electron chi connectivity index (χ0n) is 4.13. The van der Waals surface area contributed by atoms with Gasteiger partial charge in [-0.15, -0.1) is 0 Å². The van der Waals surface area contributed by atoms with Gasteiger partial charge in [0.2, 0.25) is 0 Å². The fraction of sp³-hybridized carbons (Fsp3) is 0.500. The SMILES string of the molecule is CNC1C=NN=C1. The summed E-state index contributed by atoms with van der Waals surface area (Å²) in [6.45, 7) is 0. The van der Waals surface area contributed by atoms with Crippen molar-refractivity contribution in [3.63, 3.8) is 0 Å². The zero-order chi connectivity index (χ0) is 5.11. The van der Waals surface area contributed by atoms with Gasteiger partial charge in [-0.05, 0) is 7.05 Å². The van der Waals surface area contributed by atoms with Crippen LogP contribution in [0.25, 0.3) is 0 Å². The first-order chi connectivity index (χ1) is 3.43. The van der Waals surface area contributed by atoms with Crippen molar-refractivity contribution in [2.75, 3.05) is 7.05 Å². The molecule has 1 rings (SSSR count). The molecule has 0 aromatic heterocycles. The zero-order valence-corrected chi connectivity index (χ0v) is 4.13. The van der Waals surface area contributed by atoms with Gasteiger partial charge in [-0.2, -0.15) is 10.2 Å². The average Bonchev–Trinajstić information content (AvgIpc) is 2.14. The van der Waals surface area contributed by atoms with Gasteiger partial charge in [-0.3, -0.25) is 0 Å². The van der Waals surface area contributed by atoms with Gasteiger partial charge in [0.15, 0.2) is 0 Å². The Bertz CT molecular complexity index is 93.5. The molecule has 3 nitrogen and oxygen atoms in total. The number of nitrogens with one attached hydrogen (secondary N) is 1. The van der Waals surface area contributed by atoms with Gasteiger partial charge in [-0.1, -0.05) is 0 Å². The summed E-state index contributed by atoms with van der Waals surface area (Å²) >= 11 is 0. The number of hydrogen-bond donors (Lipinski definition) is 1.